The summed E-state index contributed by atoms with van der Waals surface area (Å²) >= 11 is 0. The number of allylic oxidation sites excluding steroid dienone is 1. The molecule has 0 aliphatic carbocycles. The lowest BCUT2D eigenvalue weighted by Gasteiger charge is -2.19. The first-order valence-corrected chi connectivity index (χ1v) is 11.5. The summed E-state index contributed by atoms with van der Waals surface area (Å²) in [5.41, 5.74) is 0.943. The highest BCUT2D eigenvalue weighted by molar-refractivity contribution is 5.94. The lowest BCUT2D eigenvalue weighted by molar-refractivity contribution is 0.0136. The Morgan fingerprint density at radius 1 is 0.882 bits per heavy atom. The zero-order valence-corrected chi connectivity index (χ0v) is 20.6. The van der Waals surface area contributed by atoms with E-state index < -0.39 is 11.7 Å². The topological polar surface area (TPSA) is 95.1 Å². The Morgan fingerprint density at radius 2 is 1.41 bits per heavy atom. The minimum Gasteiger partial charge on any atom is -0.444 e. The monoisotopic (exact) mass is 474 g/mol. The largest absolute Gasteiger partial charge is 0.444 e. The van der Waals surface area contributed by atoms with Crippen LogP contribution in [0.5, 0.6) is 0 Å². The van der Waals surface area contributed by atoms with Crippen LogP contribution in [0.15, 0.2) is 36.9 Å². The van der Waals surface area contributed by atoms with Crippen LogP contribution in [-0.2, 0) is 18.9 Å². The van der Waals surface area contributed by atoms with Gasteiger partial charge in [-0.2, -0.15) is 0 Å². The molecule has 0 saturated carbocycles. The van der Waals surface area contributed by atoms with Crippen LogP contribution in [-0.4, -0.2) is 70.3 Å². The number of ether oxygens (including phenoxy) is 4. The van der Waals surface area contributed by atoms with Crippen molar-refractivity contribution >= 4 is 12.0 Å². The SMILES string of the molecule is C=CC#Cc1ccc(C(=O)NCCCOCCOCCOCCCNC(=O)OC(C)(C)C)cc1. The number of benzene rings is 1. The molecule has 0 aliphatic heterocycles. The summed E-state index contributed by atoms with van der Waals surface area (Å²) in [6.07, 6.45) is 2.53. The molecule has 8 heteroatoms. The first kappa shape index (κ1) is 29.2. The van der Waals surface area contributed by atoms with Crippen LogP contribution in [0.1, 0.15) is 49.5 Å². The van der Waals surface area contributed by atoms with Gasteiger partial charge in [0, 0.05) is 37.4 Å². The van der Waals surface area contributed by atoms with Crippen molar-refractivity contribution in [3.05, 3.63) is 48.0 Å². The fraction of sp³-hybridized carbons (Fsp3) is 0.538. The quantitative estimate of drug-likeness (QED) is 0.299. The summed E-state index contributed by atoms with van der Waals surface area (Å²) in [6.45, 7) is 13.1. The van der Waals surface area contributed by atoms with E-state index in [1.807, 2.05) is 32.9 Å². The van der Waals surface area contributed by atoms with E-state index >= 15 is 0 Å². The molecular weight excluding hydrogens is 436 g/mol. The predicted octanol–water partition coefficient (Wildman–Crippen LogP) is 3.31. The Bertz CT molecular complexity index is 790. The summed E-state index contributed by atoms with van der Waals surface area (Å²) in [4.78, 5) is 23.6. The van der Waals surface area contributed by atoms with E-state index in [1.165, 1.54) is 6.08 Å². The number of hydrogen-bond donors (Lipinski definition) is 2. The average Bonchev–Trinajstić information content (AvgIpc) is 2.79. The summed E-state index contributed by atoms with van der Waals surface area (Å²) in [6, 6.07) is 7.12. The highest BCUT2D eigenvalue weighted by Crippen LogP contribution is 2.06. The van der Waals surface area contributed by atoms with Gasteiger partial charge in [0.25, 0.3) is 5.91 Å². The second kappa shape index (κ2) is 17.6. The molecule has 0 heterocycles. The Kier molecular flexibility index (Phi) is 15.1. The van der Waals surface area contributed by atoms with Crippen molar-refractivity contribution < 1.29 is 28.5 Å². The van der Waals surface area contributed by atoms with Crippen molar-refractivity contribution in [2.75, 3.05) is 52.7 Å². The van der Waals surface area contributed by atoms with Crippen molar-refractivity contribution in [2.45, 2.75) is 39.2 Å². The third-order valence-electron chi connectivity index (χ3n) is 4.09. The van der Waals surface area contributed by atoms with Gasteiger partial charge < -0.3 is 29.6 Å². The van der Waals surface area contributed by atoms with E-state index in [0.29, 0.717) is 64.7 Å². The minimum absolute atomic E-state index is 0.118. The summed E-state index contributed by atoms with van der Waals surface area (Å²) < 4.78 is 21.5. The zero-order valence-electron chi connectivity index (χ0n) is 20.6. The minimum atomic E-state index is -0.493. The van der Waals surface area contributed by atoms with E-state index in [4.69, 9.17) is 18.9 Å². The van der Waals surface area contributed by atoms with Gasteiger partial charge in [0.2, 0.25) is 0 Å². The lowest BCUT2D eigenvalue weighted by Crippen LogP contribution is -2.33. The third kappa shape index (κ3) is 15.9. The van der Waals surface area contributed by atoms with Gasteiger partial charge in [0.05, 0.1) is 26.4 Å². The number of rotatable bonds is 15. The molecule has 0 aliphatic rings. The summed E-state index contributed by atoms with van der Waals surface area (Å²) in [5.74, 6) is 5.57. The van der Waals surface area contributed by atoms with E-state index in [2.05, 4.69) is 29.1 Å². The van der Waals surface area contributed by atoms with Crippen LogP contribution < -0.4 is 10.6 Å². The van der Waals surface area contributed by atoms with E-state index in [9.17, 15) is 9.59 Å². The van der Waals surface area contributed by atoms with Crippen molar-refractivity contribution in [1.29, 1.82) is 0 Å². The van der Waals surface area contributed by atoms with Crippen LogP contribution in [0.3, 0.4) is 0 Å². The highest BCUT2D eigenvalue weighted by atomic mass is 16.6. The molecule has 8 nitrogen and oxygen atoms in total. The molecule has 0 aromatic heterocycles. The van der Waals surface area contributed by atoms with Crippen LogP contribution in [0.25, 0.3) is 0 Å². The molecule has 1 rings (SSSR count). The number of carbonyl (C=O) groups excluding carboxylic acids is 2. The number of carbonyl (C=O) groups is 2. The maximum Gasteiger partial charge on any atom is 0.407 e. The lowest BCUT2D eigenvalue weighted by atomic mass is 10.1. The van der Waals surface area contributed by atoms with Crippen LogP contribution in [0.2, 0.25) is 0 Å². The van der Waals surface area contributed by atoms with Gasteiger partial charge in [-0.1, -0.05) is 18.4 Å². The van der Waals surface area contributed by atoms with Crippen LogP contribution in [0, 0.1) is 11.8 Å². The van der Waals surface area contributed by atoms with Gasteiger partial charge in [-0.3, -0.25) is 4.79 Å². The van der Waals surface area contributed by atoms with Crippen molar-refractivity contribution in [1.82, 2.24) is 10.6 Å². The third-order valence-corrected chi connectivity index (χ3v) is 4.09. The van der Waals surface area contributed by atoms with Crippen molar-refractivity contribution in [2.24, 2.45) is 0 Å². The van der Waals surface area contributed by atoms with Crippen LogP contribution >= 0.6 is 0 Å². The molecule has 34 heavy (non-hydrogen) atoms. The first-order valence-electron chi connectivity index (χ1n) is 11.5. The fourth-order valence-electron chi connectivity index (χ4n) is 2.54. The molecule has 0 atom stereocenters. The maximum atomic E-state index is 12.1. The molecule has 0 spiro atoms. The second-order valence-electron chi connectivity index (χ2n) is 8.28. The van der Waals surface area contributed by atoms with Gasteiger partial charge >= 0.3 is 6.09 Å². The zero-order chi connectivity index (χ0) is 25.1. The van der Waals surface area contributed by atoms with E-state index in [0.717, 1.165) is 12.0 Å². The molecule has 0 unspecified atom stereocenters. The Balaban J connectivity index is 1.89. The van der Waals surface area contributed by atoms with Crippen molar-refractivity contribution in [3.8, 4) is 11.8 Å². The normalized spacial score (nSPS) is 10.7. The Morgan fingerprint density at radius 3 is 1.94 bits per heavy atom. The standard InChI is InChI=1S/C26H38N2O6/c1-5-6-9-22-10-12-23(13-11-22)24(29)27-14-7-16-31-18-20-33-21-19-32-17-8-15-28-25(30)34-26(2,3)4/h5,10-13H,1,7-8,14-21H2,2-4H3,(H,27,29)(H,28,30). The molecule has 1 aromatic carbocycles. The van der Waals surface area contributed by atoms with E-state index in [-0.39, 0.29) is 5.91 Å². The molecule has 2 amide bonds. The molecule has 2 N–H and O–H groups in total. The van der Waals surface area contributed by atoms with Gasteiger partial charge in [0.1, 0.15) is 5.60 Å². The van der Waals surface area contributed by atoms with Crippen LogP contribution in [0.4, 0.5) is 4.79 Å². The Hall–Kier alpha value is -2.86. The highest BCUT2D eigenvalue weighted by Gasteiger charge is 2.15. The number of hydrogen-bond acceptors (Lipinski definition) is 6. The van der Waals surface area contributed by atoms with E-state index in [1.54, 1.807) is 12.1 Å². The average molecular weight is 475 g/mol. The molecule has 0 bridgehead atoms. The summed E-state index contributed by atoms with van der Waals surface area (Å²) in [5, 5.41) is 5.55. The number of alkyl carbamates (subject to hydrolysis) is 1. The molecule has 188 valence electrons. The van der Waals surface area contributed by atoms with Gasteiger partial charge in [-0.15, -0.1) is 0 Å². The number of nitrogens with one attached hydrogen (secondary N) is 2. The maximum absolute atomic E-state index is 12.1. The smallest absolute Gasteiger partial charge is 0.407 e. The molecular formula is C26H38N2O6. The first-order chi connectivity index (χ1) is 16.3. The second-order valence-corrected chi connectivity index (χ2v) is 8.28. The predicted molar refractivity (Wildman–Crippen MR) is 132 cm³/mol. The van der Waals surface area contributed by atoms with Gasteiger partial charge in [0.15, 0.2) is 0 Å². The fourth-order valence-corrected chi connectivity index (χ4v) is 2.54. The summed E-state index contributed by atoms with van der Waals surface area (Å²) in [7, 11) is 0. The number of amides is 2. The molecule has 0 saturated heterocycles. The Labute approximate surface area is 203 Å². The molecule has 0 fully saturated rings. The van der Waals surface area contributed by atoms with Gasteiger partial charge in [-0.25, -0.2) is 4.79 Å². The van der Waals surface area contributed by atoms with Gasteiger partial charge in [-0.05, 0) is 64.0 Å². The van der Waals surface area contributed by atoms with Crippen molar-refractivity contribution in [3.63, 3.8) is 0 Å². The molecule has 0 radical (unpaired) electrons. The molecule has 1 aromatic rings.